The van der Waals surface area contributed by atoms with E-state index >= 15 is 0 Å². The minimum absolute atomic E-state index is 0. The predicted molar refractivity (Wildman–Crippen MR) is 168 cm³/mol. The molecule has 0 saturated heterocycles. The first-order chi connectivity index (χ1) is 20.5. The predicted octanol–water partition coefficient (Wildman–Crippen LogP) is 5.24. The van der Waals surface area contributed by atoms with E-state index in [1.54, 1.807) is 37.6 Å². The van der Waals surface area contributed by atoms with Crippen molar-refractivity contribution in [2.75, 3.05) is 19.0 Å². The molecular weight excluding hydrogens is 580 g/mol. The number of rotatable bonds is 12. The fourth-order valence-electron chi connectivity index (χ4n) is 4.62. The number of ether oxygens (including phenoxy) is 1. The topological polar surface area (TPSA) is 98.3 Å². The zero-order valence-electron chi connectivity index (χ0n) is 24.5. The molecule has 1 amide bonds. The molecule has 1 aromatic heterocycles. The third kappa shape index (κ3) is 10.4. The van der Waals surface area contributed by atoms with Crippen LogP contribution >= 0.6 is 0 Å². The van der Waals surface area contributed by atoms with Gasteiger partial charge in [0.15, 0.2) is 0 Å². The molecule has 1 aliphatic rings. The van der Waals surface area contributed by atoms with Crippen molar-refractivity contribution >= 4 is 22.5 Å². The normalized spacial score (nSPS) is 12.8. The van der Waals surface area contributed by atoms with E-state index in [1.165, 1.54) is 0 Å². The van der Waals surface area contributed by atoms with Gasteiger partial charge in [-0.25, -0.2) is 12.1 Å². The quantitative estimate of drug-likeness (QED) is 0.0870. The van der Waals surface area contributed by atoms with Crippen molar-refractivity contribution in [3.05, 3.63) is 132 Å². The summed E-state index contributed by atoms with van der Waals surface area (Å²) in [6, 6.07) is 27.1. The number of allylic oxidation sites excluding steroid dienone is 5. The molecule has 0 aliphatic heterocycles. The number of nitrogens with zero attached hydrogens (tertiary/aromatic N) is 1. The number of amides is 1. The first-order valence-corrected chi connectivity index (χ1v) is 14.2. The second kappa shape index (κ2) is 17.5. The summed E-state index contributed by atoms with van der Waals surface area (Å²) in [6.07, 6.45) is 10.9. The third-order valence-electron chi connectivity index (χ3n) is 6.81. The Balaban J connectivity index is 0.000000765. The van der Waals surface area contributed by atoms with Gasteiger partial charge in [-0.1, -0.05) is 60.7 Å². The largest absolute Gasteiger partial charge is 2.00 e. The van der Waals surface area contributed by atoms with E-state index in [2.05, 4.69) is 27.9 Å². The van der Waals surface area contributed by atoms with E-state index in [0.717, 1.165) is 40.7 Å². The number of aromatic nitrogens is 1. The van der Waals surface area contributed by atoms with Crippen LogP contribution in [-0.2, 0) is 28.3 Å². The molecule has 5 rings (SSSR count). The molecule has 43 heavy (non-hydrogen) atoms. The summed E-state index contributed by atoms with van der Waals surface area (Å²) in [5.74, 6) is 0.334. The number of hydrogen-bond donors (Lipinski definition) is 3. The molecule has 0 bridgehead atoms. The Hall–Kier alpha value is -4.39. The summed E-state index contributed by atoms with van der Waals surface area (Å²) in [7, 11) is 1.65. The maximum atomic E-state index is 13.0. The minimum Gasteiger partial charge on any atom is -0.860 e. The van der Waals surface area contributed by atoms with E-state index in [9.17, 15) is 9.90 Å². The molecular formula is C35H38FeN4O3. The van der Waals surface area contributed by atoms with Gasteiger partial charge < -0.3 is 25.8 Å². The van der Waals surface area contributed by atoms with E-state index in [1.807, 2.05) is 84.9 Å². The zero-order chi connectivity index (χ0) is 29.6. The molecule has 0 radical (unpaired) electrons. The van der Waals surface area contributed by atoms with Crippen LogP contribution in [0.4, 0.5) is 5.69 Å². The zero-order valence-corrected chi connectivity index (χ0v) is 25.6. The van der Waals surface area contributed by atoms with Gasteiger partial charge in [0.25, 0.3) is 0 Å². The van der Waals surface area contributed by atoms with Crippen LogP contribution in [0.15, 0.2) is 127 Å². The molecule has 1 unspecified atom stereocenters. The summed E-state index contributed by atoms with van der Waals surface area (Å²) in [4.78, 5) is 17.6. The number of methoxy groups -OCH3 is 1. The molecule has 7 nitrogen and oxygen atoms in total. The third-order valence-corrected chi connectivity index (χ3v) is 6.81. The van der Waals surface area contributed by atoms with Crippen molar-refractivity contribution < 1.29 is 31.7 Å². The van der Waals surface area contributed by atoms with Crippen LogP contribution < -0.4 is 25.8 Å². The van der Waals surface area contributed by atoms with Crippen molar-refractivity contribution in [2.45, 2.75) is 38.3 Å². The van der Waals surface area contributed by atoms with Gasteiger partial charge in [-0.15, -0.1) is 0 Å². The van der Waals surface area contributed by atoms with E-state index in [0.29, 0.717) is 18.5 Å². The molecule has 0 spiro atoms. The molecule has 3 N–H and O–H groups in total. The second-order valence-corrected chi connectivity index (χ2v) is 10.1. The van der Waals surface area contributed by atoms with E-state index in [-0.39, 0.29) is 34.9 Å². The minimum atomic E-state index is -0.658. The van der Waals surface area contributed by atoms with Gasteiger partial charge in [-0.05, 0) is 48.9 Å². The fraction of sp³-hybridized carbons (Fsp3) is 0.229. The maximum Gasteiger partial charge on any atom is 2.00 e. The molecule has 1 aliphatic carbocycles. The molecule has 4 aromatic rings. The van der Waals surface area contributed by atoms with Crippen LogP contribution in [0.5, 0.6) is 5.75 Å². The van der Waals surface area contributed by atoms with E-state index < -0.39 is 6.04 Å². The van der Waals surface area contributed by atoms with Gasteiger partial charge in [-0.2, -0.15) is 18.2 Å². The smallest absolute Gasteiger partial charge is 0.860 e. The standard InChI is InChI=1S/C30H34N4O3.C5H5.Fe/c1-21(33-26-20-25(37-2)19-24-15-9-16-31-28(24)26)10-8-17-32-30(36)27(18-22-11-4-3-5-12-22)34-29(35)23-13-6-7-14-23;1-2-4-5-3-1;/h3-7,9,11-16,19-21,27,33-35H,8,10,17-18H2,1-2H3,(H,32,36);1-5H;/q;-1;+2/p-1/t21?,27-;;/m1../s1. The number of benzene rings is 2. The van der Waals surface area contributed by atoms with Crippen LogP contribution in [0, 0.1) is 0 Å². The van der Waals surface area contributed by atoms with Crippen molar-refractivity contribution in [1.82, 2.24) is 15.6 Å². The molecule has 8 heteroatoms. The molecule has 2 atom stereocenters. The summed E-state index contributed by atoms with van der Waals surface area (Å²) < 4.78 is 5.44. The number of anilines is 1. The van der Waals surface area contributed by atoms with Crippen molar-refractivity contribution in [2.24, 2.45) is 0 Å². The van der Waals surface area contributed by atoms with Gasteiger partial charge in [0.2, 0.25) is 5.91 Å². The number of pyridine rings is 1. The molecule has 0 saturated carbocycles. The Kier molecular flexibility index (Phi) is 13.5. The Morgan fingerprint density at radius 2 is 1.77 bits per heavy atom. The molecule has 0 fully saturated rings. The average Bonchev–Trinajstić information content (AvgIpc) is 3.77. The molecule has 3 aromatic carbocycles. The molecule has 1 heterocycles. The van der Waals surface area contributed by atoms with Crippen LogP contribution in [-0.4, -0.2) is 36.6 Å². The van der Waals surface area contributed by atoms with Gasteiger partial charge in [0.1, 0.15) is 11.8 Å². The average molecular weight is 619 g/mol. The molecule has 224 valence electrons. The first kappa shape index (κ1) is 33.1. The number of hydrogen-bond acceptors (Lipinski definition) is 6. The number of carbonyl (C=O) groups is 1. The summed E-state index contributed by atoms with van der Waals surface area (Å²) in [5, 5.41) is 23.1. The second-order valence-electron chi connectivity index (χ2n) is 10.1. The summed E-state index contributed by atoms with van der Waals surface area (Å²) in [5.41, 5.74) is 3.35. The van der Waals surface area contributed by atoms with Crippen molar-refractivity contribution in [1.29, 1.82) is 0 Å². The Morgan fingerprint density at radius 3 is 2.44 bits per heavy atom. The van der Waals surface area contributed by atoms with Crippen molar-refractivity contribution in [3.63, 3.8) is 0 Å². The van der Waals surface area contributed by atoms with Crippen LogP contribution in [0.3, 0.4) is 0 Å². The van der Waals surface area contributed by atoms with Gasteiger partial charge in [-0.3, -0.25) is 9.78 Å². The Bertz CT molecular complexity index is 1470. The summed E-state index contributed by atoms with van der Waals surface area (Å²) >= 11 is 0. The Morgan fingerprint density at radius 1 is 1.02 bits per heavy atom. The van der Waals surface area contributed by atoms with Crippen LogP contribution in [0.2, 0.25) is 0 Å². The SMILES string of the molecule is COc1cc(NC(C)CCCNC(=O)[C@@H](Cc2ccccc2)NC([O-])=C2C=CC=C2)c2ncccc2c1.[Fe+2].c1cc[cH-]c1. The first-order valence-electron chi connectivity index (χ1n) is 14.2. The Labute approximate surface area is 264 Å². The monoisotopic (exact) mass is 618 g/mol. The van der Waals surface area contributed by atoms with Gasteiger partial charge in [0, 0.05) is 36.7 Å². The number of nitrogens with one attached hydrogen (secondary N) is 3. The van der Waals surface area contributed by atoms with Gasteiger partial charge >= 0.3 is 17.1 Å². The summed E-state index contributed by atoms with van der Waals surface area (Å²) in [6.45, 7) is 2.62. The van der Waals surface area contributed by atoms with Crippen LogP contribution in [0.1, 0.15) is 25.3 Å². The van der Waals surface area contributed by atoms with Crippen LogP contribution in [0.25, 0.3) is 10.9 Å². The number of fused-ring (bicyclic) bond motifs is 1. The van der Waals surface area contributed by atoms with Crippen molar-refractivity contribution in [3.8, 4) is 5.75 Å². The fourth-order valence-corrected chi connectivity index (χ4v) is 4.62. The number of carbonyl (C=O) groups excluding carboxylic acids is 1. The van der Waals surface area contributed by atoms with Gasteiger partial charge in [0.05, 0.1) is 18.3 Å². The maximum absolute atomic E-state index is 13.0. The van der Waals surface area contributed by atoms with E-state index in [4.69, 9.17) is 4.74 Å².